The Balaban J connectivity index is 1.10. The van der Waals surface area contributed by atoms with E-state index in [0.29, 0.717) is 72.1 Å². The van der Waals surface area contributed by atoms with E-state index in [-0.39, 0.29) is 77.6 Å². The van der Waals surface area contributed by atoms with Gasteiger partial charge in [0.05, 0.1) is 71.6 Å². The molecular formula is C70H47BN4O2. The van der Waals surface area contributed by atoms with Crippen molar-refractivity contribution in [2.75, 3.05) is 9.80 Å². The number of benzene rings is 11. The van der Waals surface area contributed by atoms with Gasteiger partial charge in [0.15, 0.2) is 0 Å². The van der Waals surface area contributed by atoms with E-state index < -0.39 is 133 Å². The quantitative estimate of drug-likeness (QED) is 0.165. The fourth-order valence-electron chi connectivity index (χ4n) is 12.0. The van der Waals surface area contributed by atoms with E-state index >= 15 is 0 Å². The van der Waals surface area contributed by atoms with Gasteiger partial charge < -0.3 is 27.8 Å². The summed E-state index contributed by atoms with van der Waals surface area (Å²) in [6, 6.07) is 20.5. The summed E-state index contributed by atoms with van der Waals surface area (Å²) in [7, 11) is 0. The van der Waals surface area contributed by atoms with Crippen molar-refractivity contribution in [3.63, 3.8) is 0 Å². The van der Waals surface area contributed by atoms with E-state index in [1.165, 1.54) is 10.6 Å². The standard InChI is InChI=1S/C70H47BN4O2/c1-70(2,3)42-38-61-69-62(39-42)75(58-29-17-33-66-68(58)50-23-9-15-31-64(50)77-66)60-41-44(73-55-26-12-6-20-47(55)48-21-7-13-27-56(48)73)35-37-52(60)71(69)51-36-34-43(72-53-24-10-4-18-45(53)46-19-5-11-25-54(46)72)40-59(51)74(61)57-28-16-32-65-67(57)49-22-8-14-30-63(49)76-65/h4-41H,1-3H3/i4D,5D,6D,7D,10D,11D,12D,13D,18D,19D,20D,21D,24D,25D,26D,27D,34D,36D,37D,40D. The third-order valence-corrected chi connectivity index (χ3v) is 15.3. The van der Waals surface area contributed by atoms with Crippen LogP contribution in [0.4, 0.5) is 34.1 Å². The normalized spacial score (nSPS) is 16.9. The number of rotatable bonds is 4. The molecule has 0 atom stereocenters. The van der Waals surface area contributed by atoms with Crippen LogP contribution in [0.1, 0.15) is 53.7 Å². The number of para-hydroxylation sites is 6. The molecule has 0 bridgehead atoms. The van der Waals surface area contributed by atoms with Crippen LogP contribution in [-0.2, 0) is 5.41 Å². The third kappa shape index (κ3) is 5.86. The van der Waals surface area contributed by atoms with E-state index in [1.54, 1.807) is 18.2 Å². The van der Waals surface area contributed by atoms with Crippen molar-refractivity contribution in [3.8, 4) is 11.4 Å². The molecule has 0 N–H and O–H groups in total. The fourth-order valence-corrected chi connectivity index (χ4v) is 12.0. The van der Waals surface area contributed by atoms with Gasteiger partial charge in [0.25, 0.3) is 6.71 Å². The molecule has 0 unspecified atom stereocenters. The summed E-state index contributed by atoms with van der Waals surface area (Å²) >= 11 is 0. The zero-order chi connectivity index (χ0) is 68.2. The van der Waals surface area contributed by atoms with Crippen molar-refractivity contribution in [2.45, 2.75) is 26.2 Å². The second-order valence-electron chi connectivity index (χ2n) is 20.5. The van der Waals surface area contributed by atoms with Crippen LogP contribution in [0.3, 0.4) is 0 Å². The van der Waals surface area contributed by atoms with Crippen LogP contribution >= 0.6 is 0 Å². The minimum Gasteiger partial charge on any atom is -0.456 e. The second kappa shape index (κ2) is 15.4. The van der Waals surface area contributed by atoms with Crippen molar-refractivity contribution in [1.29, 1.82) is 0 Å². The lowest BCUT2D eigenvalue weighted by Crippen LogP contribution is -2.61. The van der Waals surface area contributed by atoms with Crippen molar-refractivity contribution >= 4 is 145 Å². The molecule has 6 nitrogen and oxygen atoms in total. The molecule has 2 aliphatic heterocycles. The highest BCUT2D eigenvalue weighted by Gasteiger charge is 2.45. The lowest BCUT2D eigenvalue weighted by atomic mass is 9.33. The molecule has 7 heteroatoms. The molecule has 11 aromatic carbocycles. The van der Waals surface area contributed by atoms with Crippen LogP contribution in [0.2, 0.25) is 0 Å². The number of aromatic nitrogens is 2. The molecule has 0 fully saturated rings. The van der Waals surface area contributed by atoms with Crippen LogP contribution < -0.4 is 26.2 Å². The molecule has 0 spiro atoms. The summed E-state index contributed by atoms with van der Waals surface area (Å²) < 4.78 is 206. The van der Waals surface area contributed by atoms with Gasteiger partial charge in [-0.2, -0.15) is 0 Å². The summed E-state index contributed by atoms with van der Waals surface area (Å²) in [5.74, 6) is 0. The zero-order valence-corrected chi connectivity index (χ0v) is 41.1. The van der Waals surface area contributed by atoms with E-state index in [9.17, 15) is 16.4 Å². The second-order valence-corrected chi connectivity index (χ2v) is 20.5. The molecule has 362 valence electrons. The lowest BCUT2D eigenvalue weighted by molar-refractivity contribution is 0.590. The number of anilines is 6. The van der Waals surface area contributed by atoms with E-state index in [0.717, 1.165) is 10.1 Å². The number of hydrogen-bond acceptors (Lipinski definition) is 4. The van der Waals surface area contributed by atoms with Gasteiger partial charge in [0.1, 0.15) is 22.3 Å². The van der Waals surface area contributed by atoms with Gasteiger partial charge >= 0.3 is 0 Å². The van der Waals surface area contributed by atoms with Crippen LogP contribution in [-0.4, -0.2) is 15.8 Å². The highest BCUT2D eigenvalue weighted by molar-refractivity contribution is 7.00. The van der Waals surface area contributed by atoms with Gasteiger partial charge in [-0.3, -0.25) is 0 Å². The molecule has 77 heavy (non-hydrogen) atoms. The molecule has 2 aliphatic rings. The Kier molecular flexibility index (Phi) is 5.56. The van der Waals surface area contributed by atoms with Crippen molar-refractivity contribution < 1.29 is 36.2 Å². The Morgan fingerprint density at radius 2 is 0.844 bits per heavy atom. The highest BCUT2D eigenvalue weighted by Crippen LogP contribution is 2.51. The monoisotopic (exact) mass is 1010 g/mol. The summed E-state index contributed by atoms with van der Waals surface area (Å²) in [5.41, 5.74) is 3.01. The van der Waals surface area contributed by atoms with Crippen LogP contribution in [0.5, 0.6) is 0 Å². The molecule has 0 radical (unpaired) electrons. The third-order valence-electron chi connectivity index (χ3n) is 15.3. The summed E-state index contributed by atoms with van der Waals surface area (Å²) in [6.07, 6.45) is 0. The number of fused-ring (bicyclic) bond motifs is 16. The van der Waals surface area contributed by atoms with Gasteiger partial charge in [-0.05, 0) is 124 Å². The van der Waals surface area contributed by atoms with Crippen molar-refractivity contribution in [2.24, 2.45) is 0 Å². The Hall–Kier alpha value is -9.72. The van der Waals surface area contributed by atoms with E-state index in [4.69, 9.17) is 19.8 Å². The first-order valence-electron chi connectivity index (χ1n) is 35.1. The summed E-state index contributed by atoms with van der Waals surface area (Å²) in [6.45, 7) is 4.76. The maximum atomic E-state index is 11.1. The van der Waals surface area contributed by atoms with Gasteiger partial charge in [0.2, 0.25) is 0 Å². The van der Waals surface area contributed by atoms with E-state index in [2.05, 4.69) is 0 Å². The fraction of sp³-hybridized carbons (Fsp3) is 0.0571. The Bertz CT molecular complexity index is 6090. The lowest BCUT2D eigenvalue weighted by Gasteiger charge is -2.45. The summed E-state index contributed by atoms with van der Waals surface area (Å²) in [4.78, 5) is 3.78. The largest absolute Gasteiger partial charge is 0.456 e. The van der Waals surface area contributed by atoms with Crippen LogP contribution in [0.15, 0.2) is 239 Å². The minimum atomic E-state index is -1.31. The maximum Gasteiger partial charge on any atom is 0.252 e. The number of hydrogen-bond donors (Lipinski definition) is 0. The molecule has 17 rings (SSSR count). The molecule has 0 aliphatic carbocycles. The zero-order valence-electron chi connectivity index (χ0n) is 61.1. The predicted octanol–water partition coefficient (Wildman–Crippen LogP) is 17.1. The average molecular weight is 1010 g/mol. The number of furan rings is 2. The average Bonchev–Trinajstić information content (AvgIpc) is 1.55. The van der Waals surface area contributed by atoms with Crippen LogP contribution in [0.25, 0.3) is 98.9 Å². The Morgan fingerprint density at radius 3 is 1.36 bits per heavy atom. The molecular weight excluding hydrogens is 940 g/mol. The highest BCUT2D eigenvalue weighted by atomic mass is 16.3. The first-order chi connectivity index (χ1) is 46.2. The Labute approximate surface area is 472 Å². The smallest absolute Gasteiger partial charge is 0.252 e. The maximum absolute atomic E-state index is 11.1. The predicted molar refractivity (Wildman–Crippen MR) is 322 cm³/mol. The van der Waals surface area contributed by atoms with Gasteiger partial charge in [0, 0.05) is 66.4 Å². The first-order valence-corrected chi connectivity index (χ1v) is 25.1. The van der Waals surface area contributed by atoms with E-state index in [1.807, 2.05) is 116 Å². The van der Waals surface area contributed by atoms with Gasteiger partial charge in [-0.25, -0.2) is 0 Å². The van der Waals surface area contributed by atoms with Crippen LogP contribution in [0, 0.1) is 0 Å². The molecule has 0 saturated carbocycles. The van der Waals surface area contributed by atoms with Gasteiger partial charge in [-0.1, -0.05) is 154 Å². The van der Waals surface area contributed by atoms with Gasteiger partial charge in [-0.15, -0.1) is 0 Å². The minimum absolute atomic E-state index is 0.000372. The number of nitrogens with zero attached hydrogens (tertiary/aromatic N) is 4. The van der Waals surface area contributed by atoms with Crippen molar-refractivity contribution in [1.82, 2.24) is 9.13 Å². The topological polar surface area (TPSA) is 42.6 Å². The molecule has 15 aromatic rings. The summed E-state index contributed by atoms with van der Waals surface area (Å²) in [5, 5.41) is 1.57. The first kappa shape index (κ1) is 27.7. The molecule has 0 amide bonds. The SMILES string of the molecule is [2H]c1cc(-n2c3c([2H])c([2H])c([2H])c([2H])c3c3c([2H])c([2H])c([2H])c([2H])c32)cc2c1B1c3c(cc(C(C)(C)C)cc3N(c3cccc4oc5ccccc5c34)c3c([2H])c(-n4c5c([2H])c([2H])c([2H])c([2H])c5c5c([2H])c([2H])c([2H])c([2H])c54)c([2H])c([2H])c31)N2c1cccc2oc3ccccc3c12. The molecule has 4 aromatic heterocycles. The van der Waals surface area contributed by atoms with Crippen molar-refractivity contribution in [3.05, 3.63) is 236 Å². The molecule has 6 heterocycles. The molecule has 0 saturated heterocycles. The Morgan fingerprint density at radius 1 is 0.390 bits per heavy atom.